The van der Waals surface area contributed by atoms with E-state index >= 15 is 0 Å². The van der Waals surface area contributed by atoms with E-state index in [1.165, 1.54) is 12.8 Å². The number of aliphatic hydroxyl groups is 1. The van der Waals surface area contributed by atoms with E-state index < -0.39 is 12.2 Å². The van der Waals surface area contributed by atoms with Crippen LogP contribution < -0.4 is 5.32 Å². The first-order chi connectivity index (χ1) is 9.02. The smallest absolute Gasteiger partial charge is 0.248 e. The molecule has 4 nitrogen and oxygen atoms in total. The van der Waals surface area contributed by atoms with Gasteiger partial charge in [0.25, 0.3) is 0 Å². The summed E-state index contributed by atoms with van der Waals surface area (Å²) in [6, 6.07) is 0. The maximum atomic E-state index is 11.9. The minimum absolute atomic E-state index is 0.117. The van der Waals surface area contributed by atoms with E-state index in [0.717, 1.165) is 25.7 Å². The molecule has 0 heterocycles. The summed E-state index contributed by atoms with van der Waals surface area (Å²) in [5.41, 5.74) is 0. The number of carbonyl (C=O) groups excluding carboxylic acids is 1. The van der Waals surface area contributed by atoms with E-state index in [4.69, 9.17) is 4.74 Å². The van der Waals surface area contributed by atoms with Crippen molar-refractivity contribution in [1.29, 1.82) is 0 Å². The van der Waals surface area contributed by atoms with Gasteiger partial charge in [-0.3, -0.25) is 4.79 Å². The second kappa shape index (κ2) is 8.54. The van der Waals surface area contributed by atoms with E-state index in [1.54, 1.807) is 6.92 Å². The van der Waals surface area contributed by atoms with Crippen molar-refractivity contribution in [3.63, 3.8) is 0 Å². The van der Waals surface area contributed by atoms with Gasteiger partial charge in [0.2, 0.25) is 5.91 Å². The van der Waals surface area contributed by atoms with Crippen LogP contribution in [0.5, 0.6) is 0 Å². The predicted molar refractivity (Wildman–Crippen MR) is 75.9 cm³/mol. The molecule has 0 aromatic heterocycles. The van der Waals surface area contributed by atoms with E-state index in [9.17, 15) is 9.90 Å². The van der Waals surface area contributed by atoms with Crippen LogP contribution in [0.25, 0.3) is 0 Å². The highest BCUT2D eigenvalue weighted by molar-refractivity contribution is 5.80. The van der Waals surface area contributed by atoms with Crippen molar-refractivity contribution in [2.24, 2.45) is 5.92 Å². The van der Waals surface area contributed by atoms with Gasteiger partial charge in [-0.05, 0) is 32.1 Å². The molecule has 19 heavy (non-hydrogen) atoms. The van der Waals surface area contributed by atoms with Crippen molar-refractivity contribution in [3.05, 3.63) is 0 Å². The maximum Gasteiger partial charge on any atom is 0.248 e. The predicted octanol–water partition coefficient (Wildman–Crippen LogP) is 2.25. The number of aliphatic hydroxyl groups excluding tert-OH is 1. The summed E-state index contributed by atoms with van der Waals surface area (Å²) in [4.78, 5) is 11.9. The van der Waals surface area contributed by atoms with Crippen molar-refractivity contribution >= 4 is 5.91 Å². The van der Waals surface area contributed by atoms with Gasteiger partial charge in [-0.15, -0.1) is 0 Å². The first-order valence-corrected chi connectivity index (χ1v) is 7.64. The maximum absolute atomic E-state index is 11.9. The van der Waals surface area contributed by atoms with Crippen LogP contribution >= 0.6 is 0 Å². The number of hydrogen-bond donors (Lipinski definition) is 2. The molecular formula is C15H29NO3. The topological polar surface area (TPSA) is 58.6 Å². The monoisotopic (exact) mass is 271 g/mol. The van der Waals surface area contributed by atoms with Gasteiger partial charge in [-0.1, -0.05) is 33.1 Å². The number of hydrogen-bond acceptors (Lipinski definition) is 3. The molecule has 1 aliphatic rings. The Morgan fingerprint density at radius 3 is 2.84 bits per heavy atom. The van der Waals surface area contributed by atoms with Crippen LogP contribution in [0.1, 0.15) is 59.3 Å². The Labute approximate surface area is 116 Å². The van der Waals surface area contributed by atoms with Gasteiger partial charge in [0, 0.05) is 6.54 Å². The lowest BCUT2D eigenvalue weighted by molar-refractivity contribution is -0.137. The zero-order chi connectivity index (χ0) is 14.3. The van der Waals surface area contributed by atoms with Crippen molar-refractivity contribution in [2.75, 3.05) is 6.54 Å². The average molecular weight is 271 g/mol. The van der Waals surface area contributed by atoms with Crippen LogP contribution in [-0.2, 0) is 9.53 Å². The number of amides is 1. The third-order valence-electron chi connectivity index (χ3n) is 3.79. The molecule has 1 rings (SSSR count). The molecule has 0 saturated heterocycles. The SMILES string of the molecule is CCCC(O)CNC(=O)C(C)OC1CCCC(C)C1. The summed E-state index contributed by atoms with van der Waals surface area (Å²) in [6.45, 7) is 6.37. The lowest BCUT2D eigenvalue weighted by Crippen LogP contribution is -2.41. The number of carbonyl (C=O) groups is 1. The first-order valence-electron chi connectivity index (χ1n) is 7.64. The average Bonchev–Trinajstić information content (AvgIpc) is 2.36. The molecule has 1 fully saturated rings. The van der Waals surface area contributed by atoms with Gasteiger partial charge in [0.15, 0.2) is 0 Å². The highest BCUT2D eigenvalue weighted by Gasteiger charge is 2.24. The van der Waals surface area contributed by atoms with Crippen LogP contribution in [0.4, 0.5) is 0 Å². The summed E-state index contributed by atoms with van der Waals surface area (Å²) >= 11 is 0. The first kappa shape index (κ1) is 16.4. The number of ether oxygens (including phenoxy) is 1. The molecule has 0 radical (unpaired) electrons. The lowest BCUT2D eigenvalue weighted by Gasteiger charge is -2.29. The zero-order valence-corrected chi connectivity index (χ0v) is 12.5. The molecule has 0 aromatic rings. The van der Waals surface area contributed by atoms with Crippen molar-refractivity contribution in [1.82, 2.24) is 5.32 Å². The Bertz CT molecular complexity index is 270. The number of rotatable bonds is 7. The second-order valence-electron chi connectivity index (χ2n) is 5.86. The highest BCUT2D eigenvalue weighted by atomic mass is 16.5. The third-order valence-corrected chi connectivity index (χ3v) is 3.79. The summed E-state index contributed by atoms with van der Waals surface area (Å²) < 4.78 is 5.82. The Kier molecular flexibility index (Phi) is 7.39. The van der Waals surface area contributed by atoms with Gasteiger partial charge in [0.05, 0.1) is 12.2 Å². The molecule has 0 spiro atoms. The van der Waals surface area contributed by atoms with Gasteiger partial charge >= 0.3 is 0 Å². The van der Waals surface area contributed by atoms with E-state index in [-0.39, 0.29) is 12.0 Å². The summed E-state index contributed by atoms with van der Waals surface area (Å²) in [5.74, 6) is 0.578. The van der Waals surface area contributed by atoms with E-state index in [2.05, 4.69) is 12.2 Å². The van der Waals surface area contributed by atoms with Crippen LogP contribution in [-0.4, -0.2) is 35.9 Å². The minimum Gasteiger partial charge on any atom is -0.391 e. The normalized spacial score (nSPS) is 26.7. The number of nitrogens with one attached hydrogen (secondary N) is 1. The molecule has 0 aliphatic heterocycles. The Hall–Kier alpha value is -0.610. The van der Waals surface area contributed by atoms with Crippen molar-refractivity contribution in [3.8, 4) is 0 Å². The standard InChI is InChI=1S/C15H29NO3/c1-4-6-13(17)10-16-15(18)12(3)19-14-8-5-7-11(2)9-14/h11-14,17H,4-10H2,1-3H3,(H,16,18). The van der Waals surface area contributed by atoms with Crippen molar-refractivity contribution in [2.45, 2.75) is 77.6 Å². The Morgan fingerprint density at radius 2 is 2.21 bits per heavy atom. The fourth-order valence-corrected chi connectivity index (χ4v) is 2.65. The molecule has 0 aromatic carbocycles. The van der Waals surface area contributed by atoms with E-state index in [0.29, 0.717) is 12.5 Å². The molecular weight excluding hydrogens is 242 g/mol. The van der Waals surface area contributed by atoms with Crippen LogP contribution in [0.15, 0.2) is 0 Å². The molecule has 2 N–H and O–H groups in total. The van der Waals surface area contributed by atoms with Gasteiger partial charge in [-0.25, -0.2) is 0 Å². The van der Waals surface area contributed by atoms with Crippen LogP contribution in [0.3, 0.4) is 0 Å². The Balaban J connectivity index is 2.24. The Morgan fingerprint density at radius 1 is 1.47 bits per heavy atom. The molecule has 4 heteroatoms. The highest BCUT2D eigenvalue weighted by Crippen LogP contribution is 2.26. The fraction of sp³-hybridized carbons (Fsp3) is 0.933. The molecule has 1 amide bonds. The summed E-state index contributed by atoms with van der Waals surface area (Å²) in [5, 5.41) is 12.3. The largest absolute Gasteiger partial charge is 0.391 e. The minimum atomic E-state index is -0.448. The molecule has 1 saturated carbocycles. The lowest BCUT2D eigenvalue weighted by atomic mass is 9.88. The van der Waals surface area contributed by atoms with Gasteiger partial charge in [0.1, 0.15) is 6.10 Å². The molecule has 0 bridgehead atoms. The van der Waals surface area contributed by atoms with Gasteiger partial charge < -0.3 is 15.2 Å². The zero-order valence-electron chi connectivity index (χ0n) is 12.5. The molecule has 4 atom stereocenters. The fourth-order valence-electron chi connectivity index (χ4n) is 2.65. The summed E-state index contributed by atoms with van der Waals surface area (Å²) in [7, 11) is 0. The third kappa shape index (κ3) is 6.39. The molecule has 112 valence electrons. The molecule has 1 aliphatic carbocycles. The van der Waals surface area contributed by atoms with Gasteiger partial charge in [-0.2, -0.15) is 0 Å². The second-order valence-corrected chi connectivity index (χ2v) is 5.86. The summed E-state index contributed by atoms with van der Waals surface area (Å²) in [6.07, 6.45) is 5.54. The van der Waals surface area contributed by atoms with Crippen molar-refractivity contribution < 1.29 is 14.6 Å². The van der Waals surface area contributed by atoms with E-state index in [1.807, 2.05) is 6.92 Å². The quantitative estimate of drug-likeness (QED) is 0.746. The molecule has 4 unspecified atom stereocenters. The van der Waals surface area contributed by atoms with Crippen LogP contribution in [0, 0.1) is 5.92 Å². The van der Waals surface area contributed by atoms with Crippen LogP contribution in [0.2, 0.25) is 0 Å².